The lowest BCUT2D eigenvalue weighted by Gasteiger charge is -2.41. The molecule has 1 atom stereocenters. The summed E-state index contributed by atoms with van der Waals surface area (Å²) < 4.78 is 0. The van der Waals surface area contributed by atoms with Gasteiger partial charge >= 0.3 is 0 Å². The number of likely N-dealkylation sites (N-methyl/N-ethyl adjacent to an activating group) is 1. The molecule has 2 aromatic carbocycles. The molecule has 0 bridgehead atoms. The number of aryl methyl sites for hydroxylation is 2. The number of carbonyl (C=O) groups excluding carboxylic acids is 2. The second-order valence-electron chi connectivity index (χ2n) is 15.2. The maximum absolute atomic E-state index is 14.0. The Hall–Kier alpha value is -4.23. The number of fused-ring (bicyclic) bond motifs is 1. The maximum atomic E-state index is 14.0. The highest BCUT2D eigenvalue weighted by molar-refractivity contribution is 7.12. The average Bonchev–Trinajstić information content (AvgIpc) is 3.55. The Kier molecular flexibility index (Phi) is 22.3. The van der Waals surface area contributed by atoms with E-state index in [1.54, 1.807) is 17.4 Å². The quantitative estimate of drug-likeness (QED) is 0.0820. The molecule has 0 radical (unpaired) electrons. The molecule has 2 saturated heterocycles. The van der Waals surface area contributed by atoms with Gasteiger partial charge in [0.2, 0.25) is 5.91 Å². The molecule has 2 fully saturated rings. The Bertz CT molecular complexity index is 1770. The minimum Gasteiger partial charge on any atom is -0.380 e. The fourth-order valence-corrected chi connectivity index (χ4v) is 8.92. The first-order valence-electron chi connectivity index (χ1n) is 22.4. The van der Waals surface area contributed by atoms with E-state index in [-0.39, 0.29) is 23.6 Å². The molecule has 3 aromatic rings. The number of likely N-dealkylation sites (tertiary alicyclic amines) is 1. The summed E-state index contributed by atoms with van der Waals surface area (Å²) in [6, 6.07) is 16.4. The van der Waals surface area contributed by atoms with E-state index in [1.807, 2.05) is 62.4 Å². The van der Waals surface area contributed by atoms with Gasteiger partial charge in [-0.15, -0.1) is 24.2 Å². The molecule has 1 amide bonds. The Balaban J connectivity index is 0.00000108. The van der Waals surface area contributed by atoms with Crippen LogP contribution in [0, 0.1) is 19.8 Å². The number of nitrogens with zero attached hydrogens (tertiary/aromatic N) is 4. The van der Waals surface area contributed by atoms with Gasteiger partial charge in [0.25, 0.3) is 0 Å². The number of rotatable bonds is 12. The highest BCUT2D eigenvalue weighted by Gasteiger charge is 2.33. The summed E-state index contributed by atoms with van der Waals surface area (Å²) in [6.45, 7) is 23.4. The molecule has 1 aliphatic carbocycles. The number of ketones is 1. The molecule has 9 heteroatoms. The van der Waals surface area contributed by atoms with Crippen molar-refractivity contribution in [1.82, 2.24) is 14.7 Å². The number of aliphatic imine (C=N–C) groups is 1. The number of amidine groups is 1. The number of allylic oxidation sites excluding steroid dienone is 1. The molecule has 2 aliphatic heterocycles. The number of anilines is 2. The number of nitrogens with one attached hydrogen (secondary N) is 2. The lowest BCUT2D eigenvalue weighted by atomic mass is 10.0. The lowest BCUT2D eigenvalue weighted by molar-refractivity contribution is -0.139. The van der Waals surface area contributed by atoms with Crippen molar-refractivity contribution in [2.75, 3.05) is 56.4 Å². The topological polar surface area (TPSA) is 80.3 Å². The van der Waals surface area contributed by atoms with Gasteiger partial charge in [-0.3, -0.25) is 14.5 Å². The summed E-state index contributed by atoms with van der Waals surface area (Å²) >= 11 is 1.95. The number of piperidine rings is 1. The number of unbranched alkanes of at least 4 members (excludes halogenated alkanes) is 1. The standard InChI is InChI=1S/C42H56N6O2S.C4H10.C2H6.C2H2/c1-5-37(36-15-13-16-38(30(36)3)43-29-35-28-33-14-9-7-10-17-39(33)51-35)45-41(31(4)49)44-34-20-18-32(19-21-34)40(42(50)48-22-11-8-12-23-48)47-26-24-46(6-2)25-27-47;1-3-4-2;2*1-2/h5,13,15-16,18-21,28,40,43H,6-12,14,17,22-27,29H2,1-4H3,(H,44,45);3-4H2,1-2H3;1-2H3;1-2H/b37-5-;;;. The van der Waals surface area contributed by atoms with Crippen LogP contribution < -0.4 is 10.6 Å². The molecule has 1 unspecified atom stereocenters. The first-order valence-corrected chi connectivity index (χ1v) is 23.2. The van der Waals surface area contributed by atoms with Crippen molar-refractivity contribution in [1.29, 1.82) is 0 Å². The number of carbonyl (C=O) groups is 2. The summed E-state index contributed by atoms with van der Waals surface area (Å²) in [5.41, 5.74) is 7.21. The highest BCUT2D eigenvalue weighted by Crippen LogP contribution is 2.32. The molecule has 322 valence electrons. The zero-order chi connectivity index (χ0) is 43.2. The number of hydrogen-bond donors (Lipinski definition) is 2. The van der Waals surface area contributed by atoms with Crippen molar-refractivity contribution in [2.24, 2.45) is 4.99 Å². The van der Waals surface area contributed by atoms with Gasteiger partial charge in [0.05, 0.1) is 5.70 Å². The van der Waals surface area contributed by atoms with Gasteiger partial charge in [0, 0.05) is 79.4 Å². The van der Waals surface area contributed by atoms with Crippen molar-refractivity contribution >= 4 is 45.9 Å². The van der Waals surface area contributed by atoms with E-state index in [0.29, 0.717) is 0 Å². The molecule has 8 nitrogen and oxygen atoms in total. The van der Waals surface area contributed by atoms with E-state index in [4.69, 9.17) is 4.99 Å². The Morgan fingerprint density at radius 3 is 2.12 bits per heavy atom. The van der Waals surface area contributed by atoms with Gasteiger partial charge in [-0.05, 0) is 106 Å². The van der Waals surface area contributed by atoms with Crippen molar-refractivity contribution in [2.45, 2.75) is 132 Å². The molecule has 3 heterocycles. The van der Waals surface area contributed by atoms with Crippen LogP contribution in [-0.4, -0.2) is 78.0 Å². The van der Waals surface area contributed by atoms with Crippen molar-refractivity contribution in [3.8, 4) is 12.8 Å². The van der Waals surface area contributed by atoms with Crippen LogP contribution in [0.25, 0.3) is 5.70 Å². The van der Waals surface area contributed by atoms with E-state index in [0.717, 1.165) is 99.0 Å². The van der Waals surface area contributed by atoms with Crippen LogP contribution in [0.3, 0.4) is 0 Å². The van der Waals surface area contributed by atoms with E-state index in [9.17, 15) is 9.59 Å². The van der Waals surface area contributed by atoms with Crippen LogP contribution in [-0.2, 0) is 29.0 Å². The van der Waals surface area contributed by atoms with Crippen LogP contribution in [0.5, 0.6) is 0 Å². The van der Waals surface area contributed by atoms with Gasteiger partial charge in [0.1, 0.15) is 6.04 Å². The van der Waals surface area contributed by atoms with E-state index >= 15 is 0 Å². The first-order chi connectivity index (χ1) is 28.8. The third kappa shape index (κ3) is 14.5. The van der Waals surface area contributed by atoms with Crippen molar-refractivity contribution in [3.05, 3.63) is 86.6 Å². The molecule has 59 heavy (non-hydrogen) atoms. The zero-order valence-corrected chi connectivity index (χ0v) is 38.5. The van der Waals surface area contributed by atoms with Gasteiger partial charge in [-0.2, -0.15) is 0 Å². The Morgan fingerprint density at radius 1 is 0.864 bits per heavy atom. The predicted octanol–water partition coefficient (Wildman–Crippen LogP) is 11.2. The number of Topliss-reactive ketones (excluding diaryl/α,β-unsaturated/α-hetero) is 1. The van der Waals surface area contributed by atoms with Crippen molar-refractivity contribution in [3.63, 3.8) is 0 Å². The van der Waals surface area contributed by atoms with Crippen LogP contribution >= 0.6 is 11.3 Å². The maximum Gasteiger partial charge on any atom is 0.244 e. The van der Waals surface area contributed by atoms with E-state index < -0.39 is 0 Å². The summed E-state index contributed by atoms with van der Waals surface area (Å²) in [7, 11) is 0. The van der Waals surface area contributed by atoms with E-state index in [2.05, 4.69) is 90.1 Å². The molecule has 0 saturated carbocycles. The van der Waals surface area contributed by atoms with E-state index in [1.165, 1.54) is 56.2 Å². The van der Waals surface area contributed by atoms with Crippen LogP contribution in [0.15, 0.2) is 59.6 Å². The monoisotopic (exact) mass is 823 g/mol. The van der Waals surface area contributed by atoms with Crippen LogP contribution in [0.4, 0.5) is 11.4 Å². The normalized spacial score (nSPS) is 16.7. The zero-order valence-electron chi connectivity index (χ0n) is 37.7. The summed E-state index contributed by atoms with van der Waals surface area (Å²) in [4.78, 5) is 41.6. The summed E-state index contributed by atoms with van der Waals surface area (Å²) in [5, 5.41) is 6.98. The lowest BCUT2D eigenvalue weighted by Crippen LogP contribution is -2.52. The third-order valence-electron chi connectivity index (χ3n) is 11.3. The number of amides is 1. The van der Waals surface area contributed by atoms with Gasteiger partial charge in [-0.1, -0.05) is 84.2 Å². The first kappa shape index (κ1) is 49.1. The molecular weight excluding hydrogens is 749 g/mol. The molecule has 3 aliphatic rings. The second-order valence-corrected chi connectivity index (χ2v) is 16.5. The molecule has 1 aromatic heterocycles. The Labute approximate surface area is 362 Å². The summed E-state index contributed by atoms with van der Waals surface area (Å²) in [6.07, 6.45) is 22.3. The van der Waals surface area contributed by atoms with Gasteiger partial charge in [-0.25, -0.2) is 4.99 Å². The molecule has 0 spiro atoms. The second kappa shape index (κ2) is 26.8. The predicted molar refractivity (Wildman–Crippen MR) is 255 cm³/mol. The van der Waals surface area contributed by atoms with Gasteiger partial charge < -0.3 is 20.4 Å². The highest BCUT2D eigenvalue weighted by atomic mass is 32.1. The number of thiophene rings is 1. The number of hydrogen-bond acceptors (Lipinski definition) is 7. The molecular formula is C50H74N6O2S. The number of piperazine rings is 1. The number of terminal acetylenes is 1. The minimum atomic E-state index is -0.301. The third-order valence-corrected chi connectivity index (χ3v) is 12.5. The van der Waals surface area contributed by atoms with Crippen molar-refractivity contribution < 1.29 is 9.59 Å². The smallest absolute Gasteiger partial charge is 0.244 e. The fraction of sp³-hybridized carbons (Fsp3) is 0.540. The average molecular weight is 823 g/mol. The summed E-state index contributed by atoms with van der Waals surface area (Å²) in [5.74, 6) is 0.348. The van der Waals surface area contributed by atoms with Crippen LogP contribution in [0.2, 0.25) is 0 Å². The fourth-order valence-electron chi connectivity index (χ4n) is 7.72. The largest absolute Gasteiger partial charge is 0.380 e. The SMILES string of the molecule is C#C.C/C=C(\N=C(Nc1ccc(C(C(=O)N2CCCCC2)N2CCN(CC)CC2)cc1)C(C)=O)c1cccc(NCc2cc3c(s2)CCCCC3)c1C.CC.CCCC. The van der Waals surface area contributed by atoms with Gasteiger partial charge in [0.15, 0.2) is 11.6 Å². The Morgan fingerprint density at radius 2 is 1.51 bits per heavy atom. The molecule has 6 rings (SSSR count). The molecule has 2 N–H and O–H groups in total. The number of benzene rings is 2. The minimum absolute atomic E-state index is 0.144. The van der Waals surface area contributed by atoms with Crippen LogP contribution in [0.1, 0.15) is 138 Å².